The van der Waals surface area contributed by atoms with Crippen LogP contribution < -0.4 is 5.73 Å². The molecule has 2 atom stereocenters. The minimum absolute atomic E-state index is 0.0325. The first-order valence-electron chi connectivity index (χ1n) is 6.96. The second kappa shape index (κ2) is 5.39. The van der Waals surface area contributed by atoms with Crippen LogP contribution >= 0.6 is 11.3 Å². The van der Waals surface area contributed by atoms with Gasteiger partial charge in [-0.15, -0.1) is 10.2 Å². The lowest BCUT2D eigenvalue weighted by Crippen LogP contribution is -2.10. The average molecular weight is 273 g/mol. The van der Waals surface area contributed by atoms with Crippen molar-refractivity contribution >= 4 is 11.3 Å². The van der Waals surface area contributed by atoms with Crippen LogP contribution in [0.1, 0.15) is 59.3 Å². The highest BCUT2D eigenvalue weighted by molar-refractivity contribution is 7.11. The van der Waals surface area contributed by atoms with Crippen LogP contribution in [0.25, 0.3) is 0 Å². The maximum Gasteiger partial charge on any atom is 0.134 e. The molecule has 1 aliphatic carbocycles. The zero-order valence-electron chi connectivity index (χ0n) is 11.2. The van der Waals surface area contributed by atoms with Crippen LogP contribution in [0, 0.1) is 0 Å². The number of fused-ring (bicyclic) bond motifs is 1. The SMILES string of the molecule is CCC(N)c1nnc(C2CCCc3ccccc32)s1. The summed E-state index contributed by atoms with van der Waals surface area (Å²) >= 11 is 1.69. The summed E-state index contributed by atoms with van der Waals surface area (Å²) in [5.74, 6) is 0.417. The second-order valence-corrected chi connectivity index (χ2v) is 6.18. The van der Waals surface area contributed by atoms with Gasteiger partial charge in [0.25, 0.3) is 0 Å². The number of hydrogen-bond acceptors (Lipinski definition) is 4. The molecule has 2 N–H and O–H groups in total. The Labute approximate surface area is 117 Å². The van der Waals surface area contributed by atoms with E-state index in [9.17, 15) is 0 Å². The number of rotatable bonds is 3. The van der Waals surface area contributed by atoms with E-state index in [1.165, 1.54) is 30.4 Å². The van der Waals surface area contributed by atoms with Crippen molar-refractivity contribution in [3.05, 3.63) is 45.4 Å². The predicted molar refractivity (Wildman–Crippen MR) is 78.4 cm³/mol. The molecule has 0 bridgehead atoms. The van der Waals surface area contributed by atoms with Crippen molar-refractivity contribution in [1.82, 2.24) is 10.2 Å². The number of hydrogen-bond donors (Lipinski definition) is 1. The third kappa shape index (κ3) is 2.42. The smallest absolute Gasteiger partial charge is 0.134 e. The van der Waals surface area contributed by atoms with E-state index in [4.69, 9.17) is 5.73 Å². The molecule has 0 radical (unpaired) electrons. The Bertz CT molecular complexity index is 564. The van der Waals surface area contributed by atoms with Crippen LogP contribution in [0.15, 0.2) is 24.3 Å². The summed E-state index contributed by atoms with van der Waals surface area (Å²) < 4.78 is 0. The Hall–Kier alpha value is -1.26. The number of aromatic nitrogens is 2. The normalized spacial score (nSPS) is 20.0. The maximum absolute atomic E-state index is 6.04. The number of benzene rings is 1. The zero-order chi connectivity index (χ0) is 13.2. The fourth-order valence-electron chi connectivity index (χ4n) is 2.72. The Kier molecular flexibility index (Phi) is 3.62. The molecule has 0 saturated carbocycles. The summed E-state index contributed by atoms with van der Waals surface area (Å²) in [7, 11) is 0. The molecule has 19 heavy (non-hydrogen) atoms. The number of nitrogens with zero attached hydrogens (tertiary/aromatic N) is 2. The molecule has 0 spiro atoms. The van der Waals surface area contributed by atoms with Gasteiger partial charge in [-0.25, -0.2) is 0 Å². The van der Waals surface area contributed by atoms with E-state index in [2.05, 4.69) is 41.4 Å². The van der Waals surface area contributed by atoms with Gasteiger partial charge < -0.3 is 5.73 Å². The molecule has 0 aliphatic heterocycles. The van der Waals surface area contributed by atoms with Gasteiger partial charge in [0.2, 0.25) is 0 Å². The van der Waals surface area contributed by atoms with Gasteiger partial charge in [0.05, 0.1) is 6.04 Å². The van der Waals surface area contributed by atoms with E-state index >= 15 is 0 Å². The van der Waals surface area contributed by atoms with Crippen LogP contribution in [0.3, 0.4) is 0 Å². The predicted octanol–water partition coefficient (Wildman–Crippen LogP) is 3.42. The summed E-state index contributed by atoms with van der Waals surface area (Å²) in [6.07, 6.45) is 4.51. The molecule has 1 aliphatic rings. The molecule has 3 rings (SSSR count). The third-order valence-corrected chi connectivity index (χ3v) is 5.05. The summed E-state index contributed by atoms with van der Waals surface area (Å²) in [4.78, 5) is 0. The number of nitrogens with two attached hydrogens (primary N) is 1. The lowest BCUT2D eigenvalue weighted by Gasteiger charge is -2.23. The highest BCUT2D eigenvalue weighted by Gasteiger charge is 2.25. The molecule has 100 valence electrons. The molecule has 2 unspecified atom stereocenters. The maximum atomic E-state index is 6.04. The number of aryl methyl sites for hydroxylation is 1. The Morgan fingerprint density at radius 3 is 3.05 bits per heavy atom. The van der Waals surface area contributed by atoms with Crippen molar-refractivity contribution in [3.63, 3.8) is 0 Å². The van der Waals surface area contributed by atoms with E-state index in [1.54, 1.807) is 11.3 Å². The minimum atomic E-state index is 0.0325. The summed E-state index contributed by atoms with van der Waals surface area (Å²) in [6.45, 7) is 2.08. The standard InChI is InChI=1S/C15H19N3S/c1-2-13(16)15-18-17-14(19-15)12-9-5-7-10-6-3-4-8-11(10)12/h3-4,6,8,12-13H,2,5,7,9,16H2,1H3. The van der Waals surface area contributed by atoms with Gasteiger partial charge in [0, 0.05) is 5.92 Å². The summed E-state index contributed by atoms with van der Waals surface area (Å²) in [5, 5.41) is 10.8. The fraction of sp³-hybridized carbons (Fsp3) is 0.467. The Balaban J connectivity index is 1.93. The topological polar surface area (TPSA) is 51.8 Å². The molecule has 0 fully saturated rings. The first kappa shape index (κ1) is 12.8. The van der Waals surface area contributed by atoms with Gasteiger partial charge in [0.1, 0.15) is 10.0 Å². The molecule has 0 saturated heterocycles. The molecule has 1 heterocycles. The van der Waals surface area contributed by atoms with Gasteiger partial charge in [-0.05, 0) is 36.8 Å². The lowest BCUT2D eigenvalue weighted by atomic mass is 9.83. The lowest BCUT2D eigenvalue weighted by molar-refractivity contribution is 0.607. The second-order valence-electron chi connectivity index (χ2n) is 5.14. The molecular weight excluding hydrogens is 254 g/mol. The van der Waals surface area contributed by atoms with Crippen molar-refractivity contribution in [2.45, 2.75) is 44.6 Å². The van der Waals surface area contributed by atoms with E-state index in [1.807, 2.05) is 0 Å². The molecule has 2 aromatic rings. The zero-order valence-corrected chi connectivity index (χ0v) is 12.0. The summed E-state index contributed by atoms with van der Waals surface area (Å²) in [5.41, 5.74) is 8.94. The summed E-state index contributed by atoms with van der Waals surface area (Å²) in [6, 6.07) is 8.75. The largest absolute Gasteiger partial charge is 0.322 e. The molecule has 0 amide bonds. The van der Waals surface area contributed by atoms with Crippen LogP contribution in [-0.4, -0.2) is 10.2 Å². The van der Waals surface area contributed by atoms with E-state index in [0.29, 0.717) is 5.92 Å². The van der Waals surface area contributed by atoms with E-state index in [0.717, 1.165) is 16.4 Å². The first-order chi connectivity index (χ1) is 9.29. The first-order valence-corrected chi connectivity index (χ1v) is 7.78. The van der Waals surface area contributed by atoms with Gasteiger partial charge in [-0.2, -0.15) is 0 Å². The third-order valence-electron chi connectivity index (χ3n) is 3.88. The monoisotopic (exact) mass is 273 g/mol. The van der Waals surface area contributed by atoms with Gasteiger partial charge in [-0.1, -0.05) is 42.5 Å². The molecular formula is C15H19N3S. The van der Waals surface area contributed by atoms with Crippen molar-refractivity contribution in [2.75, 3.05) is 0 Å². The van der Waals surface area contributed by atoms with Crippen molar-refractivity contribution in [1.29, 1.82) is 0 Å². The Morgan fingerprint density at radius 1 is 1.37 bits per heavy atom. The Morgan fingerprint density at radius 2 is 2.21 bits per heavy atom. The van der Waals surface area contributed by atoms with E-state index < -0.39 is 0 Å². The van der Waals surface area contributed by atoms with Crippen molar-refractivity contribution in [3.8, 4) is 0 Å². The van der Waals surface area contributed by atoms with Crippen molar-refractivity contribution in [2.24, 2.45) is 5.73 Å². The molecule has 1 aromatic heterocycles. The van der Waals surface area contributed by atoms with Crippen LogP contribution in [0.4, 0.5) is 0 Å². The quantitative estimate of drug-likeness (QED) is 0.932. The minimum Gasteiger partial charge on any atom is -0.322 e. The fourth-order valence-corrected chi connectivity index (χ4v) is 3.80. The molecule has 3 nitrogen and oxygen atoms in total. The van der Waals surface area contributed by atoms with Crippen LogP contribution in [0.2, 0.25) is 0 Å². The van der Waals surface area contributed by atoms with Gasteiger partial charge in [-0.3, -0.25) is 0 Å². The van der Waals surface area contributed by atoms with Gasteiger partial charge >= 0.3 is 0 Å². The van der Waals surface area contributed by atoms with Crippen LogP contribution in [-0.2, 0) is 6.42 Å². The van der Waals surface area contributed by atoms with E-state index in [-0.39, 0.29) is 6.04 Å². The van der Waals surface area contributed by atoms with Gasteiger partial charge in [0.15, 0.2) is 0 Å². The average Bonchev–Trinajstić information content (AvgIpc) is 2.95. The van der Waals surface area contributed by atoms with Crippen molar-refractivity contribution < 1.29 is 0 Å². The highest BCUT2D eigenvalue weighted by atomic mass is 32.1. The highest BCUT2D eigenvalue weighted by Crippen LogP contribution is 2.38. The van der Waals surface area contributed by atoms with Crippen LogP contribution in [0.5, 0.6) is 0 Å². The molecule has 1 aromatic carbocycles. The molecule has 4 heteroatoms.